The van der Waals surface area contributed by atoms with E-state index in [1.54, 1.807) is 12.1 Å². The molecule has 6 heteroatoms. The predicted octanol–water partition coefficient (Wildman–Crippen LogP) is 5.60. The van der Waals surface area contributed by atoms with Crippen molar-refractivity contribution in [1.29, 1.82) is 0 Å². The van der Waals surface area contributed by atoms with Crippen LogP contribution >= 0.6 is 28.1 Å². The summed E-state index contributed by atoms with van der Waals surface area (Å²) in [5.41, 5.74) is 2.09. The average molecular weight is 421 g/mol. The second kappa shape index (κ2) is 8.06. The Balaban J connectivity index is 2.27. The Morgan fingerprint density at radius 2 is 1.88 bits per heavy atom. The molecular formula is C19H21BrN2O2S. The molecule has 0 saturated heterocycles. The van der Waals surface area contributed by atoms with Gasteiger partial charge in [-0.05, 0) is 29.7 Å². The van der Waals surface area contributed by atoms with E-state index in [1.807, 2.05) is 12.1 Å². The highest BCUT2D eigenvalue weighted by atomic mass is 79.9. The summed E-state index contributed by atoms with van der Waals surface area (Å²) in [5.74, 6) is 0. The van der Waals surface area contributed by atoms with Gasteiger partial charge in [0.2, 0.25) is 0 Å². The molecule has 132 valence electrons. The lowest BCUT2D eigenvalue weighted by Crippen LogP contribution is -2.36. The van der Waals surface area contributed by atoms with E-state index in [0.717, 1.165) is 20.6 Å². The topological polar surface area (TPSA) is 55.2 Å². The number of hydrogen-bond acceptors (Lipinski definition) is 3. The van der Waals surface area contributed by atoms with Crippen molar-refractivity contribution >= 4 is 38.8 Å². The van der Waals surface area contributed by atoms with Gasteiger partial charge < -0.3 is 5.32 Å². The molecule has 0 amide bonds. The first-order valence-corrected chi connectivity index (χ1v) is 9.16. The molecule has 1 N–H and O–H groups in total. The molecule has 1 atom stereocenters. The number of nitrogens with one attached hydrogen (secondary N) is 1. The molecule has 2 aromatic carbocycles. The van der Waals surface area contributed by atoms with Gasteiger partial charge >= 0.3 is 0 Å². The van der Waals surface area contributed by atoms with Crippen LogP contribution in [0.25, 0.3) is 0 Å². The lowest BCUT2D eigenvalue weighted by Gasteiger charge is -2.27. The molecule has 0 aliphatic heterocycles. The summed E-state index contributed by atoms with van der Waals surface area (Å²) in [6.07, 6.45) is 0.685. The van der Waals surface area contributed by atoms with Crippen LogP contribution in [0.2, 0.25) is 0 Å². The molecule has 25 heavy (non-hydrogen) atoms. The van der Waals surface area contributed by atoms with Gasteiger partial charge in [0.15, 0.2) is 0 Å². The summed E-state index contributed by atoms with van der Waals surface area (Å²) in [5, 5.41) is 14.3. The van der Waals surface area contributed by atoms with Crippen LogP contribution in [0.3, 0.4) is 0 Å². The summed E-state index contributed by atoms with van der Waals surface area (Å²) < 4.78 is 1.00. The fraction of sp³-hybridized carbons (Fsp3) is 0.316. The van der Waals surface area contributed by atoms with Crippen LogP contribution in [0.15, 0.2) is 53.0 Å². The van der Waals surface area contributed by atoms with Crippen molar-refractivity contribution in [2.24, 2.45) is 5.41 Å². The van der Waals surface area contributed by atoms with Gasteiger partial charge in [-0.25, -0.2) is 0 Å². The molecule has 0 saturated carbocycles. The molecule has 0 fully saturated rings. The Labute approximate surface area is 161 Å². The van der Waals surface area contributed by atoms with Crippen molar-refractivity contribution < 1.29 is 4.92 Å². The first-order valence-electron chi connectivity index (χ1n) is 7.96. The zero-order valence-corrected chi connectivity index (χ0v) is 16.9. The Morgan fingerprint density at radius 3 is 2.40 bits per heavy atom. The van der Waals surface area contributed by atoms with Gasteiger partial charge in [0.1, 0.15) is 0 Å². The third kappa shape index (κ3) is 5.61. The Hall–Kier alpha value is -1.79. The number of rotatable bonds is 5. The van der Waals surface area contributed by atoms with Gasteiger partial charge in [0.25, 0.3) is 5.69 Å². The summed E-state index contributed by atoms with van der Waals surface area (Å²) in [6, 6.07) is 14.7. The second-order valence-corrected chi connectivity index (χ2v) is 8.28. The normalized spacial score (nSPS) is 12.5. The molecule has 4 nitrogen and oxygen atoms in total. The van der Waals surface area contributed by atoms with Crippen molar-refractivity contribution in [2.75, 3.05) is 0 Å². The molecule has 0 heterocycles. The fourth-order valence-electron chi connectivity index (χ4n) is 2.34. The van der Waals surface area contributed by atoms with Crippen molar-refractivity contribution in [3.8, 4) is 0 Å². The maximum atomic E-state index is 10.8. The van der Waals surface area contributed by atoms with E-state index in [9.17, 15) is 10.1 Å². The minimum Gasteiger partial charge on any atom is -0.372 e. The Morgan fingerprint density at radius 1 is 1.24 bits per heavy atom. The molecule has 0 spiro atoms. The number of halogens is 1. The van der Waals surface area contributed by atoms with Crippen molar-refractivity contribution in [1.82, 2.24) is 5.32 Å². The Kier molecular flexibility index (Phi) is 6.30. The smallest absolute Gasteiger partial charge is 0.269 e. The highest BCUT2D eigenvalue weighted by Crippen LogP contribution is 2.25. The summed E-state index contributed by atoms with van der Waals surface area (Å²) >= 11 is 9.07. The van der Waals surface area contributed by atoms with E-state index >= 15 is 0 Å². The van der Waals surface area contributed by atoms with Crippen molar-refractivity contribution in [3.63, 3.8) is 0 Å². The second-order valence-electron chi connectivity index (χ2n) is 6.96. The molecule has 2 aromatic rings. The highest BCUT2D eigenvalue weighted by Gasteiger charge is 2.22. The Bertz CT molecular complexity index is 770. The number of nitrogens with zero attached hydrogens (tertiary/aromatic N) is 1. The molecule has 0 aliphatic carbocycles. The minimum absolute atomic E-state index is 0.00863. The number of nitro groups is 1. The van der Waals surface area contributed by atoms with Crippen LogP contribution in [-0.4, -0.2) is 9.91 Å². The number of benzene rings is 2. The molecule has 2 rings (SSSR count). The summed E-state index contributed by atoms with van der Waals surface area (Å²) in [4.78, 5) is 11.2. The zero-order chi connectivity index (χ0) is 18.6. The van der Waals surface area contributed by atoms with E-state index in [2.05, 4.69) is 54.2 Å². The van der Waals surface area contributed by atoms with Crippen LogP contribution in [0.5, 0.6) is 0 Å². The van der Waals surface area contributed by atoms with E-state index in [0.29, 0.717) is 6.42 Å². The zero-order valence-electron chi connectivity index (χ0n) is 14.5. The summed E-state index contributed by atoms with van der Waals surface area (Å²) in [6.45, 7) is 6.23. The van der Waals surface area contributed by atoms with Gasteiger partial charge in [-0.3, -0.25) is 10.1 Å². The largest absolute Gasteiger partial charge is 0.372 e. The maximum absolute atomic E-state index is 10.8. The minimum atomic E-state index is -0.386. The van der Waals surface area contributed by atoms with Gasteiger partial charge in [-0.2, -0.15) is 0 Å². The van der Waals surface area contributed by atoms with E-state index < -0.39 is 0 Å². The lowest BCUT2D eigenvalue weighted by molar-refractivity contribution is -0.384. The van der Waals surface area contributed by atoms with Gasteiger partial charge in [-0.1, -0.05) is 73.2 Å². The van der Waals surface area contributed by atoms with E-state index in [1.165, 1.54) is 12.1 Å². The number of hydrogen-bond donors (Lipinski definition) is 1. The highest BCUT2D eigenvalue weighted by molar-refractivity contribution is 9.10. The number of thiocarbonyl (C=S) groups is 1. The third-order valence-electron chi connectivity index (χ3n) is 3.82. The molecule has 0 aliphatic rings. The quantitative estimate of drug-likeness (QED) is 0.388. The van der Waals surface area contributed by atoms with Crippen LogP contribution in [0, 0.1) is 15.5 Å². The van der Waals surface area contributed by atoms with Crippen molar-refractivity contribution in [3.05, 3.63) is 74.2 Å². The molecule has 1 unspecified atom stereocenters. The van der Waals surface area contributed by atoms with E-state index in [-0.39, 0.29) is 22.1 Å². The number of nitro benzene ring substituents is 1. The summed E-state index contributed by atoms with van der Waals surface area (Å²) in [7, 11) is 0. The van der Waals surface area contributed by atoms with Crippen LogP contribution in [0.4, 0.5) is 5.69 Å². The van der Waals surface area contributed by atoms with Crippen molar-refractivity contribution in [2.45, 2.75) is 33.2 Å². The monoisotopic (exact) mass is 420 g/mol. The van der Waals surface area contributed by atoms with Gasteiger partial charge in [0, 0.05) is 22.0 Å². The first kappa shape index (κ1) is 19.5. The molecule has 0 bridgehead atoms. The first-order chi connectivity index (χ1) is 11.7. The molecular weight excluding hydrogens is 400 g/mol. The molecule has 0 aromatic heterocycles. The predicted molar refractivity (Wildman–Crippen MR) is 109 cm³/mol. The van der Waals surface area contributed by atoms with E-state index in [4.69, 9.17) is 12.2 Å². The SMILES string of the molecule is CC(C)(C)C(=S)NC(Cc1ccc([N+](=O)[O-])cc1)c1cccc(Br)c1. The van der Waals surface area contributed by atoms with Gasteiger partial charge in [-0.15, -0.1) is 0 Å². The van der Waals surface area contributed by atoms with Crippen LogP contribution < -0.4 is 5.32 Å². The standard InChI is InChI=1S/C19H21BrN2O2S/c1-19(2,3)18(25)21-17(14-5-4-6-15(20)12-14)11-13-7-9-16(10-8-13)22(23)24/h4-10,12,17H,11H2,1-3H3,(H,21,25). The van der Waals surface area contributed by atoms with Crippen LogP contribution in [0.1, 0.15) is 37.9 Å². The van der Waals surface area contributed by atoms with Gasteiger partial charge in [0.05, 0.1) is 16.0 Å². The average Bonchev–Trinajstić information content (AvgIpc) is 2.53. The fourth-order valence-corrected chi connectivity index (χ4v) is 2.90. The number of non-ortho nitro benzene ring substituents is 1. The maximum Gasteiger partial charge on any atom is 0.269 e. The third-order valence-corrected chi connectivity index (χ3v) is 5.05. The van der Waals surface area contributed by atoms with Crippen LogP contribution in [-0.2, 0) is 6.42 Å². The lowest BCUT2D eigenvalue weighted by atomic mass is 9.93. The molecule has 0 radical (unpaired) electrons.